The Morgan fingerprint density at radius 3 is 1.50 bits per heavy atom. The third-order valence-electron chi connectivity index (χ3n) is 7.90. The van der Waals surface area contributed by atoms with Crippen LogP contribution in [0.1, 0.15) is 65.9 Å². The molecule has 2 aliphatic rings. The summed E-state index contributed by atoms with van der Waals surface area (Å²) in [5.74, 6) is -0.0853. The molecular weight excluding hydrogens is 432 g/mol. The van der Waals surface area contributed by atoms with Crippen molar-refractivity contribution in [3.63, 3.8) is 0 Å². The monoisotopic (exact) mass is 458 g/mol. The molecule has 2 heteroatoms. The molecule has 0 atom stereocenters. The Bertz CT molecular complexity index is 1420. The zero-order valence-electron chi connectivity index (χ0n) is 19.9. The first-order valence-electron chi connectivity index (χ1n) is 11.8. The van der Waals surface area contributed by atoms with Gasteiger partial charge in [-0.05, 0) is 62.2 Å². The SMILES string of the molecule is CC1(C)c2ccccc2-c2ccc(C(=O)C(=S)c3ccc4c(c3)C(C)(C)c3ccccc3-4)cc21. The fourth-order valence-corrected chi connectivity index (χ4v) is 6.20. The molecule has 0 heterocycles. The van der Waals surface area contributed by atoms with Crippen LogP contribution in [-0.2, 0) is 10.8 Å². The lowest BCUT2D eigenvalue weighted by atomic mass is 9.81. The molecule has 0 aromatic heterocycles. The van der Waals surface area contributed by atoms with Gasteiger partial charge in [0.05, 0.1) is 4.86 Å². The zero-order chi connectivity index (χ0) is 23.8. The number of hydrogen-bond donors (Lipinski definition) is 0. The van der Waals surface area contributed by atoms with Gasteiger partial charge in [0.25, 0.3) is 0 Å². The molecule has 4 aromatic carbocycles. The minimum atomic E-state index is -0.146. The number of ketones is 1. The Kier molecular flexibility index (Phi) is 4.41. The molecule has 0 bridgehead atoms. The maximum atomic E-state index is 13.6. The Labute approximate surface area is 206 Å². The largest absolute Gasteiger partial charge is 0.288 e. The molecule has 0 spiro atoms. The van der Waals surface area contributed by atoms with Crippen LogP contribution >= 0.6 is 12.2 Å². The van der Waals surface area contributed by atoms with Crippen molar-refractivity contribution in [2.24, 2.45) is 0 Å². The van der Waals surface area contributed by atoms with Crippen LogP contribution in [0.2, 0.25) is 0 Å². The van der Waals surface area contributed by atoms with Gasteiger partial charge in [-0.25, -0.2) is 0 Å². The van der Waals surface area contributed by atoms with Crippen molar-refractivity contribution in [2.45, 2.75) is 38.5 Å². The number of carbonyl (C=O) groups excluding carboxylic acids is 1. The first-order chi connectivity index (χ1) is 16.2. The summed E-state index contributed by atoms with van der Waals surface area (Å²) in [6.45, 7) is 8.94. The van der Waals surface area contributed by atoms with Gasteiger partial charge in [-0.15, -0.1) is 0 Å². The lowest BCUT2D eigenvalue weighted by molar-refractivity contribution is 0.106. The highest BCUT2D eigenvalue weighted by Gasteiger charge is 2.37. The van der Waals surface area contributed by atoms with Gasteiger partial charge in [-0.3, -0.25) is 4.79 Å². The van der Waals surface area contributed by atoms with E-state index >= 15 is 0 Å². The van der Waals surface area contributed by atoms with E-state index < -0.39 is 0 Å². The van der Waals surface area contributed by atoms with E-state index in [4.69, 9.17) is 12.2 Å². The number of benzene rings is 4. The smallest absolute Gasteiger partial charge is 0.204 e. The third kappa shape index (κ3) is 2.78. The van der Waals surface area contributed by atoms with Crippen molar-refractivity contribution in [1.29, 1.82) is 0 Å². The van der Waals surface area contributed by atoms with Gasteiger partial charge in [-0.1, -0.05) is 113 Å². The Morgan fingerprint density at radius 2 is 0.971 bits per heavy atom. The van der Waals surface area contributed by atoms with Gasteiger partial charge in [0.1, 0.15) is 0 Å². The summed E-state index contributed by atoms with van der Waals surface area (Å²) in [4.78, 5) is 13.9. The predicted octanol–water partition coefficient (Wildman–Crippen LogP) is 7.90. The van der Waals surface area contributed by atoms with E-state index in [0.717, 1.165) is 5.56 Å². The zero-order valence-corrected chi connectivity index (χ0v) is 20.7. The van der Waals surface area contributed by atoms with Crippen LogP contribution in [0.3, 0.4) is 0 Å². The maximum Gasteiger partial charge on any atom is 0.204 e. The van der Waals surface area contributed by atoms with Crippen molar-refractivity contribution in [3.05, 3.63) is 118 Å². The van der Waals surface area contributed by atoms with Gasteiger partial charge in [0, 0.05) is 16.4 Å². The van der Waals surface area contributed by atoms with Gasteiger partial charge in [0.2, 0.25) is 5.78 Å². The summed E-state index contributed by atoms with van der Waals surface area (Å²) in [6.07, 6.45) is 0. The summed E-state index contributed by atoms with van der Waals surface area (Å²) in [5.41, 5.74) is 11.2. The van der Waals surface area contributed by atoms with Gasteiger partial charge >= 0.3 is 0 Å². The molecule has 1 nitrogen and oxygen atoms in total. The number of Topliss-reactive ketones (excluding diaryl/α,β-unsaturated/α-hetero) is 1. The number of rotatable bonds is 3. The summed E-state index contributed by atoms with van der Waals surface area (Å²) in [6, 6.07) is 29.4. The minimum absolute atomic E-state index is 0.0853. The Morgan fingerprint density at radius 1 is 0.559 bits per heavy atom. The molecule has 34 heavy (non-hydrogen) atoms. The molecule has 0 N–H and O–H groups in total. The van der Waals surface area contributed by atoms with Crippen molar-refractivity contribution in [1.82, 2.24) is 0 Å². The van der Waals surface area contributed by atoms with E-state index in [1.165, 1.54) is 44.5 Å². The molecule has 0 unspecified atom stereocenters. The predicted molar refractivity (Wildman–Crippen MR) is 144 cm³/mol. The van der Waals surface area contributed by atoms with Crippen molar-refractivity contribution in [2.75, 3.05) is 0 Å². The quantitative estimate of drug-likeness (QED) is 0.229. The highest BCUT2D eigenvalue weighted by Crippen LogP contribution is 2.50. The molecule has 4 aromatic rings. The average Bonchev–Trinajstić information content (AvgIpc) is 3.23. The second-order valence-electron chi connectivity index (χ2n) is 10.5. The number of thiocarbonyl (C=S) groups is 1. The normalized spacial score (nSPS) is 15.8. The van der Waals surface area contributed by atoms with E-state index in [9.17, 15) is 4.79 Å². The van der Waals surface area contributed by atoms with E-state index in [2.05, 4.69) is 100 Å². The van der Waals surface area contributed by atoms with E-state index in [1.807, 2.05) is 12.1 Å². The Balaban J connectivity index is 1.38. The summed E-state index contributed by atoms with van der Waals surface area (Å²) in [7, 11) is 0. The molecule has 0 aliphatic heterocycles. The highest BCUT2D eigenvalue weighted by molar-refractivity contribution is 7.82. The third-order valence-corrected chi connectivity index (χ3v) is 8.32. The number of carbonyl (C=O) groups is 1. The minimum Gasteiger partial charge on any atom is -0.288 e. The van der Waals surface area contributed by atoms with Gasteiger partial charge in [-0.2, -0.15) is 0 Å². The van der Waals surface area contributed by atoms with Crippen molar-refractivity contribution >= 4 is 22.9 Å². The van der Waals surface area contributed by atoms with Crippen LogP contribution in [0.15, 0.2) is 84.9 Å². The summed E-state index contributed by atoms with van der Waals surface area (Å²) < 4.78 is 0. The fourth-order valence-electron chi connectivity index (χ4n) is 5.95. The van der Waals surface area contributed by atoms with Crippen molar-refractivity contribution < 1.29 is 4.79 Å². The first-order valence-corrected chi connectivity index (χ1v) is 12.2. The standard InChI is InChI=1S/C32H26OS/c1-31(2)25-11-7-5-9-21(25)23-15-13-19(17-27(23)31)29(33)30(34)20-14-16-24-22-10-6-8-12-26(22)32(3,4)28(24)18-20/h5-18H,1-4H3. The topological polar surface area (TPSA) is 17.1 Å². The lowest BCUT2D eigenvalue weighted by Crippen LogP contribution is -2.19. The van der Waals surface area contributed by atoms with E-state index in [0.29, 0.717) is 10.4 Å². The van der Waals surface area contributed by atoms with E-state index in [-0.39, 0.29) is 16.6 Å². The molecule has 0 saturated heterocycles. The highest BCUT2D eigenvalue weighted by atomic mass is 32.1. The molecule has 166 valence electrons. The molecule has 6 rings (SSSR count). The second-order valence-corrected chi connectivity index (χ2v) is 10.9. The van der Waals surface area contributed by atoms with Gasteiger partial charge < -0.3 is 0 Å². The van der Waals surface area contributed by atoms with Crippen LogP contribution in [-0.4, -0.2) is 10.6 Å². The molecule has 2 aliphatic carbocycles. The van der Waals surface area contributed by atoms with Crippen molar-refractivity contribution in [3.8, 4) is 22.3 Å². The Hall–Kier alpha value is -3.36. The van der Waals surface area contributed by atoms with Crippen LogP contribution in [0.5, 0.6) is 0 Å². The van der Waals surface area contributed by atoms with Crippen LogP contribution in [0.4, 0.5) is 0 Å². The summed E-state index contributed by atoms with van der Waals surface area (Å²) >= 11 is 5.76. The molecule has 0 saturated carbocycles. The number of fused-ring (bicyclic) bond motifs is 6. The second kappa shape index (κ2) is 7.07. The lowest BCUT2D eigenvalue weighted by Gasteiger charge is -2.22. The first kappa shape index (κ1) is 21.2. The molecule has 0 fully saturated rings. The van der Waals surface area contributed by atoms with Gasteiger partial charge in [0.15, 0.2) is 0 Å². The maximum absolute atomic E-state index is 13.6. The number of hydrogen-bond acceptors (Lipinski definition) is 2. The van der Waals surface area contributed by atoms with Crippen LogP contribution in [0, 0.1) is 0 Å². The molecule has 0 radical (unpaired) electrons. The van der Waals surface area contributed by atoms with E-state index in [1.54, 1.807) is 0 Å². The van der Waals surface area contributed by atoms with Crippen LogP contribution in [0.25, 0.3) is 22.3 Å². The van der Waals surface area contributed by atoms with Crippen LogP contribution < -0.4 is 0 Å². The molecule has 0 amide bonds. The molecular formula is C32H26OS. The average molecular weight is 459 g/mol. The fraction of sp³-hybridized carbons (Fsp3) is 0.188. The summed E-state index contributed by atoms with van der Waals surface area (Å²) in [5, 5.41) is 0.